The first-order chi connectivity index (χ1) is 16.2. The van der Waals surface area contributed by atoms with Crippen molar-refractivity contribution in [3.63, 3.8) is 0 Å². The van der Waals surface area contributed by atoms with Gasteiger partial charge in [-0.1, -0.05) is 33.6 Å². The molecule has 1 N–H and O–H groups in total. The Labute approximate surface area is 215 Å². The summed E-state index contributed by atoms with van der Waals surface area (Å²) in [5, 5.41) is 0.740. The van der Waals surface area contributed by atoms with E-state index in [1.165, 1.54) is 6.92 Å². The third-order valence-electron chi connectivity index (χ3n) is 6.43. The molecule has 0 radical (unpaired) electrons. The van der Waals surface area contributed by atoms with Crippen LogP contribution in [0.5, 0.6) is 0 Å². The second kappa shape index (κ2) is 10.5. The number of piperazine rings is 1. The Hall–Kier alpha value is -1.65. The lowest BCUT2D eigenvalue weighted by Gasteiger charge is -2.36. The van der Waals surface area contributed by atoms with Gasteiger partial charge in [0.25, 0.3) is 0 Å². The van der Waals surface area contributed by atoms with Gasteiger partial charge in [0, 0.05) is 60.9 Å². The molecule has 2 heterocycles. The van der Waals surface area contributed by atoms with Gasteiger partial charge in [-0.25, -0.2) is 13.1 Å². The highest BCUT2D eigenvalue weighted by Gasteiger charge is 2.35. The van der Waals surface area contributed by atoms with Gasteiger partial charge in [-0.05, 0) is 62.2 Å². The van der Waals surface area contributed by atoms with Crippen molar-refractivity contribution in [2.75, 3.05) is 49.1 Å². The summed E-state index contributed by atoms with van der Waals surface area (Å²) in [6.07, 6.45) is 1.34. The van der Waals surface area contributed by atoms with Crippen molar-refractivity contribution in [3.8, 4) is 0 Å². The summed E-state index contributed by atoms with van der Waals surface area (Å²) in [6, 6.07) is 11.3. The van der Waals surface area contributed by atoms with Gasteiger partial charge in [-0.3, -0.25) is 9.69 Å². The predicted molar refractivity (Wildman–Crippen MR) is 140 cm³/mol. The highest BCUT2D eigenvalue weighted by Crippen LogP contribution is 2.40. The zero-order valence-corrected chi connectivity index (χ0v) is 22.6. The van der Waals surface area contributed by atoms with Crippen LogP contribution in [0.25, 0.3) is 0 Å². The number of hydrogen-bond donors (Lipinski definition) is 1. The molecule has 0 bridgehead atoms. The zero-order valence-electron chi connectivity index (χ0n) is 19.4. The summed E-state index contributed by atoms with van der Waals surface area (Å²) >= 11 is 9.54. The fraction of sp³-hybridized carbons (Fsp3) is 0.458. The van der Waals surface area contributed by atoms with Gasteiger partial charge < -0.3 is 9.80 Å². The monoisotopic (exact) mass is 568 g/mol. The molecule has 7 nitrogen and oxygen atoms in total. The molecule has 1 atom stereocenters. The molecule has 184 valence electrons. The van der Waals surface area contributed by atoms with Gasteiger partial charge in [0.05, 0.1) is 5.69 Å². The molecule has 1 unspecified atom stereocenters. The van der Waals surface area contributed by atoms with Crippen LogP contribution in [-0.4, -0.2) is 64.5 Å². The van der Waals surface area contributed by atoms with Crippen LogP contribution in [0.2, 0.25) is 5.02 Å². The average Bonchev–Trinajstić information content (AvgIpc) is 3.12. The van der Waals surface area contributed by atoms with Crippen LogP contribution in [0.15, 0.2) is 45.8 Å². The van der Waals surface area contributed by atoms with Crippen LogP contribution < -0.4 is 14.5 Å². The Balaban J connectivity index is 1.33. The van der Waals surface area contributed by atoms with Crippen LogP contribution >= 0.6 is 27.5 Å². The summed E-state index contributed by atoms with van der Waals surface area (Å²) < 4.78 is 29.8. The first-order valence-electron chi connectivity index (χ1n) is 11.5. The molecule has 0 aromatic heterocycles. The van der Waals surface area contributed by atoms with E-state index in [2.05, 4.69) is 36.5 Å². The molecular weight excluding hydrogens is 540 g/mol. The van der Waals surface area contributed by atoms with E-state index in [1.54, 1.807) is 11.0 Å². The van der Waals surface area contributed by atoms with Crippen molar-refractivity contribution in [3.05, 3.63) is 51.5 Å². The van der Waals surface area contributed by atoms with Crippen molar-refractivity contribution in [1.82, 2.24) is 9.62 Å². The lowest BCUT2D eigenvalue weighted by molar-refractivity contribution is -0.116. The van der Waals surface area contributed by atoms with Gasteiger partial charge in [0.2, 0.25) is 15.9 Å². The minimum Gasteiger partial charge on any atom is -0.369 e. The smallest absolute Gasteiger partial charge is 0.242 e. The lowest BCUT2D eigenvalue weighted by Crippen LogP contribution is -2.47. The molecule has 2 aromatic rings. The normalized spacial score (nSPS) is 18.9. The van der Waals surface area contributed by atoms with Gasteiger partial charge >= 0.3 is 0 Å². The number of anilines is 2. The van der Waals surface area contributed by atoms with Gasteiger partial charge in [0.1, 0.15) is 4.90 Å². The minimum absolute atomic E-state index is 0.0682. The molecule has 2 aliphatic heterocycles. The van der Waals surface area contributed by atoms with Gasteiger partial charge in [-0.2, -0.15) is 0 Å². The molecule has 34 heavy (non-hydrogen) atoms. The molecule has 1 saturated heterocycles. The van der Waals surface area contributed by atoms with Crippen LogP contribution in [0.1, 0.15) is 25.8 Å². The Morgan fingerprint density at radius 3 is 2.59 bits per heavy atom. The number of halogens is 2. The van der Waals surface area contributed by atoms with Crippen molar-refractivity contribution < 1.29 is 13.2 Å². The number of carbonyl (C=O) groups is 1. The minimum atomic E-state index is -3.76. The standard InChI is InChI=1S/C24H30BrClN4O3S/c1-17-13-19-14-20(25)15-23(24(19)30(17)18(2)31)34(32,33)27-7-4-8-28-9-11-29(12-10-28)22-6-3-5-21(26)16-22/h3,5-6,14-17,27H,4,7-13H2,1-2H3. The van der Waals surface area contributed by atoms with Crippen LogP contribution in [0, 0.1) is 0 Å². The molecule has 1 fully saturated rings. The second-order valence-electron chi connectivity index (χ2n) is 8.91. The van der Waals surface area contributed by atoms with E-state index >= 15 is 0 Å². The van der Waals surface area contributed by atoms with Crippen molar-refractivity contribution in [2.45, 2.75) is 37.6 Å². The quantitative estimate of drug-likeness (QED) is 0.512. The number of amides is 1. The Bertz CT molecular complexity index is 1170. The third-order valence-corrected chi connectivity index (χ3v) is 8.60. The largest absolute Gasteiger partial charge is 0.369 e. The number of hydrogen-bond acceptors (Lipinski definition) is 5. The van der Waals surface area contributed by atoms with E-state index in [0.29, 0.717) is 29.5 Å². The summed E-state index contributed by atoms with van der Waals surface area (Å²) in [5.41, 5.74) is 2.51. The Morgan fingerprint density at radius 1 is 1.18 bits per heavy atom. The lowest BCUT2D eigenvalue weighted by atomic mass is 10.1. The highest BCUT2D eigenvalue weighted by atomic mass is 79.9. The molecule has 4 rings (SSSR count). The van der Waals surface area contributed by atoms with Crippen molar-refractivity contribution in [2.24, 2.45) is 0 Å². The summed E-state index contributed by atoms with van der Waals surface area (Å²) in [7, 11) is -3.76. The average molecular weight is 570 g/mol. The van der Waals surface area contributed by atoms with E-state index in [9.17, 15) is 13.2 Å². The van der Waals surface area contributed by atoms with Crippen molar-refractivity contribution >= 4 is 54.8 Å². The molecular formula is C24H30BrClN4O3S. The number of nitrogens with one attached hydrogen (secondary N) is 1. The maximum absolute atomic E-state index is 13.2. The fourth-order valence-electron chi connectivity index (χ4n) is 4.85. The van der Waals surface area contributed by atoms with Crippen LogP contribution in [0.4, 0.5) is 11.4 Å². The number of rotatable bonds is 7. The molecule has 0 saturated carbocycles. The fourth-order valence-corrected chi connectivity index (χ4v) is 7.03. The van der Waals surface area contributed by atoms with E-state index in [-0.39, 0.29) is 16.8 Å². The van der Waals surface area contributed by atoms with E-state index < -0.39 is 10.0 Å². The number of sulfonamides is 1. The summed E-state index contributed by atoms with van der Waals surface area (Å²) in [4.78, 5) is 18.7. The zero-order chi connectivity index (χ0) is 24.5. The first-order valence-corrected chi connectivity index (χ1v) is 14.2. The maximum Gasteiger partial charge on any atom is 0.242 e. The van der Waals surface area contributed by atoms with Gasteiger partial charge in [-0.15, -0.1) is 0 Å². The van der Waals surface area contributed by atoms with E-state index in [0.717, 1.165) is 49.0 Å². The SMILES string of the molecule is CC(=O)N1c2c(cc(Br)cc2S(=O)(=O)NCCCN2CCN(c3cccc(Cl)c3)CC2)CC1C. The van der Waals surface area contributed by atoms with Gasteiger partial charge in [0.15, 0.2) is 0 Å². The number of carbonyl (C=O) groups excluding carboxylic acids is 1. The number of nitrogens with zero attached hydrogens (tertiary/aromatic N) is 3. The van der Waals surface area contributed by atoms with Crippen LogP contribution in [0.3, 0.4) is 0 Å². The van der Waals surface area contributed by atoms with E-state index in [4.69, 9.17) is 11.6 Å². The maximum atomic E-state index is 13.2. The molecule has 10 heteroatoms. The Kier molecular flexibility index (Phi) is 7.89. The number of fused-ring (bicyclic) bond motifs is 1. The molecule has 2 aromatic carbocycles. The topological polar surface area (TPSA) is 73.0 Å². The Morgan fingerprint density at radius 2 is 1.91 bits per heavy atom. The second-order valence-corrected chi connectivity index (χ2v) is 12.0. The molecule has 1 amide bonds. The van der Waals surface area contributed by atoms with E-state index in [1.807, 2.05) is 31.2 Å². The third kappa shape index (κ3) is 5.60. The number of benzene rings is 2. The van der Waals surface area contributed by atoms with Crippen molar-refractivity contribution in [1.29, 1.82) is 0 Å². The molecule has 0 spiro atoms. The summed E-state index contributed by atoms with van der Waals surface area (Å²) in [6.45, 7) is 8.24. The van der Waals surface area contributed by atoms with Crippen LogP contribution in [-0.2, 0) is 21.2 Å². The summed E-state index contributed by atoms with van der Waals surface area (Å²) in [5.74, 6) is -0.151. The first kappa shape index (κ1) is 25.4. The molecule has 0 aliphatic carbocycles. The predicted octanol–water partition coefficient (Wildman–Crippen LogP) is 3.89. The molecule has 2 aliphatic rings. The highest BCUT2D eigenvalue weighted by molar-refractivity contribution is 9.10.